The minimum Gasteiger partial charge on any atom is -0.497 e. The third-order valence-corrected chi connectivity index (χ3v) is 5.51. The van der Waals surface area contributed by atoms with Crippen LogP contribution in [0.1, 0.15) is 18.1 Å². The first-order valence-electron chi connectivity index (χ1n) is 8.04. The summed E-state index contributed by atoms with van der Waals surface area (Å²) in [7, 11) is 1.63. The molecule has 1 aliphatic rings. The molecule has 3 rings (SSSR count). The van der Waals surface area contributed by atoms with Gasteiger partial charge in [0.15, 0.2) is 5.17 Å². The first-order chi connectivity index (χ1) is 12.5. The molecule has 2 aromatic carbocycles. The number of benzene rings is 2. The number of methoxy groups -OCH3 is 1. The van der Waals surface area contributed by atoms with E-state index in [1.165, 1.54) is 11.8 Å². The molecule has 1 N–H and O–H groups in total. The van der Waals surface area contributed by atoms with Crippen molar-refractivity contribution in [2.45, 2.75) is 18.6 Å². The largest absolute Gasteiger partial charge is 0.497 e. The van der Waals surface area contributed by atoms with Crippen LogP contribution in [0.2, 0.25) is 0 Å². The molecule has 1 aliphatic heterocycles. The molecule has 1 unspecified atom stereocenters. The van der Waals surface area contributed by atoms with Crippen LogP contribution in [0.3, 0.4) is 0 Å². The Hall–Kier alpha value is -2.12. The molecule has 0 aromatic heterocycles. The molecular weight excluding hydrogens is 414 g/mol. The molecule has 0 spiro atoms. The minimum absolute atomic E-state index is 0.0334. The number of carbonyl (C=O) groups is 1. The van der Waals surface area contributed by atoms with Crippen LogP contribution in [-0.4, -0.2) is 29.1 Å². The van der Waals surface area contributed by atoms with Gasteiger partial charge in [-0.25, -0.2) is 0 Å². The second-order valence-electron chi connectivity index (χ2n) is 5.75. The van der Waals surface area contributed by atoms with Gasteiger partial charge in [0.1, 0.15) is 5.75 Å². The number of hydrogen-bond donors (Lipinski definition) is 1. The number of ether oxygens (including phenoxy) is 1. The summed E-state index contributed by atoms with van der Waals surface area (Å²) in [4.78, 5) is 12.2. The molecule has 0 saturated carbocycles. The van der Waals surface area contributed by atoms with Gasteiger partial charge in [-0.1, -0.05) is 39.8 Å². The Balaban J connectivity index is 1.65. The van der Waals surface area contributed by atoms with Gasteiger partial charge in [-0.3, -0.25) is 4.79 Å². The third kappa shape index (κ3) is 4.74. The molecule has 7 heteroatoms. The molecule has 0 aliphatic carbocycles. The number of nitrogens with one attached hydrogen (secondary N) is 1. The molecule has 5 nitrogen and oxygen atoms in total. The van der Waals surface area contributed by atoms with E-state index >= 15 is 0 Å². The lowest BCUT2D eigenvalue weighted by Gasteiger charge is -2.05. The van der Waals surface area contributed by atoms with Crippen LogP contribution in [0.4, 0.5) is 0 Å². The van der Waals surface area contributed by atoms with Crippen molar-refractivity contribution < 1.29 is 9.53 Å². The predicted octanol–water partition coefficient (Wildman–Crippen LogP) is 4.01. The van der Waals surface area contributed by atoms with Crippen molar-refractivity contribution in [2.24, 2.45) is 10.2 Å². The Bertz CT molecular complexity index is 848. The average molecular weight is 432 g/mol. The SMILES string of the molecule is COc1ccc(/C(C)=N/N=C2\NC(=O)C(Cc3ccc(Br)cc3)S2)cc1. The first-order valence-corrected chi connectivity index (χ1v) is 9.71. The van der Waals surface area contributed by atoms with Crippen LogP contribution >= 0.6 is 27.7 Å². The average Bonchev–Trinajstić information content (AvgIpc) is 3.01. The highest BCUT2D eigenvalue weighted by Gasteiger charge is 2.30. The Morgan fingerprint density at radius 1 is 1.19 bits per heavy atom. The highest BCUT2D eigenvalue weighted by molar-refractivity contribution is 9.10. The van der Waals surface area contributed by atoms with Crippen LogP contribution < -0.4 is 10.1 Å². The van der Waals surface area contributed by atoms with Gasteiger partial charge in [-0.15, -0.1) is 5.10 Å². The van der Waals surface area contributed by atoms with Gasteiger partial charge in [0.25, 0.3) is 0 Å². The third-order valence-electron chi connectivity index (χ3n) is 3.91. The Labute approximate surface area is 165 Å². The quantitative estimate of drug-likeness (QED) is 0.574. The number of rotatable bonds is 5. The molecule has 1 amide bonds. The van der Waals surface area contributed by atoms with E-state index < -0.39 is 0 Å². The molecule has 1 saturated heterocycles. The van der Waals surface area contributed by atoms with E-state index in [0.29, 0.717) is 11.6 Å². The summed E-state index contributed by atoms with van der Waals surface area (Å²) >= 11 is 4.83. The van der Waals surface area contributed by atoms with Crippen molar-refractivity contribution >= 4 is 44.5 Å². The second-order valence-corrected chi connectivity index (χ2v) is 7.85. The predicted molar refractivity (Wildman–Crippen MR) is 110 cm³/mol. The molecule has 0 radical (unpaired) electrons. The summed E-state index contributed by atoms with van der Waals surface area (Å²) < 4.78 is 6.17. The molecule has 134 valence electrons. The van der Waals surface area contributed by atoms with Gasteiger partial charge in [0.05, 0.1) is 18.1 Å². The van der Waals surface area contributed by atoms with Crippen molar-refractivity contribution in [3.63, 3.8) is 0 Å². The summed E-state index contributed by atoms with van der Waals surface area (Å²) in [5, 5.41) is 11.6. The highest BCUT2D eigenvalue weighted by Crippen LogP contribution is 2.24. The van der Waals surface area contributed by atoms with Gasteiger partial charge < -0.3 is 10.1 Å². The summed E-state index contributed by atoms with van der Waals surface area (Å²) in [6.07, 6.45) is 0.657. The highest BCUT2D eigenvalue weighted by atomic mass is 79.9. The summed E-state index contributed by atoms with van der Waals surface area (Å²) in [6, 6.07) is 15.6. The molecule has 1 atom stereocenters. The Morgan fingerprint density at radius 3 is 2.54 bits per heavy atom. The summed E-state index contributed by atoms with van der Waals surface area (Å²) in [5.74, 6) is 0.760. The second kappa shape index (κ2) is 8.51. The number of halogens is 1. The number of hydrogen-bond acceptors (Lipinski definition) is 5. The van der Waals surface area contributed by atoms with E-state index in [0.717, 1.165) is 27.1 Å². The van der Waals surface area contributed by atoms with E-state index in [4.69, 9.17) is 4.74 Å². The molecule has 1 fully saturated rings. The van der Waals surface area contributed by atoms with Crippen LogP contribution in [0.25, 0.3) is 0 Å². The molecule has 1 heterocycles. The zero-order chi connectivity index (χ0) is 18.5. The minimum atomic E-state index is -0.189. The van der Waals surface area contributed by atoms with Crippen molar-refractivity contribution in [1.82, 2.24) is 5.32 Å². The van der Waals surface area contributed by atoms with Crippen molar-refractivity contribution in [1.29, 1.82) is 0 Å². The normalized spacial score (nSPS) is 18.9. The fourth-order valence-electron chi connectivity index (χ4n) is 2.43. The maximum Gasteiger partial charge on any atom is 0.239 e. The number of amidine groups is 1. The number of nitrogens with zero attached hydrogens (tertiary/aromatic N) is 2. The lowest BCUT2D eigenvalue weighted by molar-refractivity contribution is -0.118. The first kappa shape index (κ1) is 18.7. The maximum absolute atomic E-state index is 12.2. The van der Waals surface area contributed by atoms with E-state index in [1.54, 1.807) is 7.11 Å². The van der Waals surface area contributed by atoms with E-state index in [1.807, 2.05) is 55.5 Å². The van der Waals surface area contributed by atoms with Gasteiger partial charge in [-0.2, -0.15) is 5.10 Å². The smallest absolute Gasteiger partial charge is 0.239 e. The summed E-state index contributed by atoms with van der Waals surface area (Å²) in [6.45, 7) is 1.88. The van der Waals surface area contributed by atoms with E-state index in [9.17, 15) is 4.79 Å². The van der Waals surface area contributed by atoms with Crippen LogP contribution in [0.15, 0.2) is 63.2 Å². The van der Waals surface area contributed by atoms with Gasteiger partial charge in [-0.05, 0) is 60.9 Å². The zero-order valence-corrected chi connectivity index (χ0v) is 16.8. The summed E-state index contributed by atoms with van der Waals surface area (Å²) in [5.41, 5.74) is 2.84. The molecular formula is C19H18BrN3O2S. The van der Waals surface area contributed by atoms with Crippen molar-refractivity contribution in [3.05, 3.63) is 64.1 Å². The maximum atomic E-state index is 12.2. The van der Waals surface area contributed by atoms with Crippen LogP contribution in [0.5, 0.6) is 5.75 Å². The number of amides is 1. The molecule has 2 aromatic rings. The topological polar surface area (TPSA) is 63.1 Å². The number of carbonyl (C=O) groups excluding carboxylic acids is 1. The van der Waals surface area contributed by atoms with E-state index in [-0.39, 0.29) is 11.2 Å². The lowest BCUT2D eigenvalue weighted by Crippen LogP contribution is -2.25. The standard InChI is InChI=1S/C19H18BrN3O2S/c1-12(14-5-9-16(25-2)10-6-14)22-23-19-21-18(24)17(26-19)11-13-3-7-15(20)8-4-13/h3-10,17H,11H2,1-2H3,(H,21,23,24)/b22-12+. The van der Waals surface area contributed by atoms with E-state index in [2.05, 4.69) is 31.4 Å². The van der Waals surface area contributed by atoms with Gasteiger partial charge >= 0.3 is 0 Å². The van der Waals surface area contributed by atoms with Crippen molar-refractivity contribution in [2.75, 3.05) is 7.11 Å². The monoisotopic (exact) mass is 431 g/mol. The van der Waals surface area contributed by atoms with Gasteiger partial charge in [0.2, 0.25) is 5.91 Å². The number of thioether (sulfide) groups is 1. The molecule has 26 heavy (non-hydrogen) atoms. The Morgan fingerprint density at radius 2 is 1.88 bits per heavy atom. The molecule has 0 bridgehead atoms. The zero-order valence-electron chi connectivity index (χ0n) is 14.4. The lowest BCUT2D eigenvalue weighted by atomic mass is 10.1. The van der Waals surface area contributed by atoms with Crippen LogP contribution in [0, 0.1) is 0 Å². The van der Waals surface area contributed by atoms with Gasteiger partial charge in [0, 0.05) is 4.47 Å². The van der Waals surface area contributed by atoms with Crippen LogP contribution in [-0.2, 0) is 11.2 Å². The Kier molecular flexibility index (Phi) is 6.11. The fraction of sp³-hybridized carbons (Fsp3) is 0.211. The fourth-order valence-corrected chi connectivity index (χ4v) is 3.65. The van der Waals surface area contributed by atoms with Crippen molar-refractivity contribution in [3.8, 4) is 5.75 Å².